The topological polar surface area (TPSA) is 46.9 Å². The molecule has 3 rings (SSSR count). The van der Waals surface area contributed by atoms with Gasteiger partial charge in [0.05, 0.1) is 17.6 Å². The summed E-state index contributed by atoms with van der Waals surface area (Å²) in [5.41, 5.74) is 2.08. The number of hydrogen-bond donors (Lipinski definition) is 1. The molecule has 0 saturated carbocycles. The van der Waals surface area contributed by atoms with Crippen LogP contribution in [0.5, 0.6) is 0 Å². The van der Waals surface area contributed by atoms with Crippen LogP contribution in [0.4, 0.5) is 0 Å². The summed E-state index contributed by atoms with van der Waals surface area (Å²) < 4.78 is 2.34. The molecule has 0 bridgehead atoms. The van der Waals surface area contributed by atoms with Gasteiger partial charge in [-0.15, -0.1) is 0 Å². The fraction of sp³-hybridized carbons (Fsp3) is 0.0714. The van der Waals surface area contributed by atoms with Crippen molar-refractivity contribution in [1.29, 1.82) is 0 Å². The van der Waals surface area contributed by atoms with Crippen molar-refractivity contribution < 1.29 is 4.79 Å². The first-order valence-electron chi connectivity index (χ1n) is 6.02. The highest BCUT2D eigenvalue weighted by molar-refractivity contribution is 8.26. The maximum Gasteiger partial charge on any atom is 0.263 e. The van der Waals surface area contributed by atoms with Crippen molar-refractivity contribution in [2.45, 2.75) is 6.54 Å². The van der Waals surface area contributed by atoms with Crippen molar-refractivity contribution in [2.24, 2.45) is 0 Å². The number of aromatic nitrogens is 2. The molecule has 6 heteroatoms. The molecule has 0 atom stereocenters. The Hall–Kier alpha value is -1.92. The van der Waals surface area contributed by atoms with Gasteiger partial charge in [0.1, 0.15) is 4.32 Å². The highest BCUT2D eigenvalue weighted by Gasteiger charge is 2.22. The minimum Gasteiger partial charge on any atom is -0.307 e. The van der Waals surface area contributed by atoms with E-state index in [9.17, 15) is 4.79 Å². The van der Waals surface area contributed by atoms with Gasteiger partial charge in [0.25, 0.3) is 5.91 Å². The SMILES string of the molecule is O=C1NC(=S)SC1=Cc1cnn(Cc2ccccc2)c1. The normalized spacial score (nSPS) is 16.7. The van der Waals surface area contributed by atoms with Gasteiger partial charge in [-0.3, -0.25) is 9.48 Å². The maximum atomic E-state index is 11.6. The fourth-order valence-corrected chi connectivity index (χ4v) is 2.93. The molecule has 1 N–H and O–H groups in total. The molecule has 1 saturated heterocycles. The molecule has 1 aliphatic heterocycles. The highest BCUT2D eigenvalue weighted by atomic mass is 32.2. The zero-order chi connectivity index (χ0) is 13.9. The first-order valence-corrected chi connectivity index (χ1v) is 7.24. The number of rotatable bonds is 3. The summed E-state index contributed by atoms with van der Waals surface area (Å²) in [5.74, 6) is -0.143. The van der Waals surface area contributed by atoms with Crippen molar-refractivity contribution in [1.82, 2.24) is 15.1 Å². The predicted octanol–water partition coefficient (Wildman–Crippen LogP) is 2.42. The van der Waals surface area contributed by atoms with Gasteiger partial charge >= 0.3 is 0 Å². The molecule has 1 aromatic carbocycles. The van der Waals surface area contributed by atoms with E-state index in [1.54, 1.807) is 12.3 Å². The molecule has 0 unspecified atom stereocenters. The Balaban J connectivity index is 1.76. The van der Waals surface area contributed by atoms with Crippen LogP contribution in [0.15, 0.2) is 47.6 Å². The minimum absolute atomic E-state index is 0.143. The lowest BCUT2D eigenvalue weighted by Crippen LogP contribution is -2.17. The van der Waals surface area contributed by atoms with Crippen molar-refractivity contribution in [3.05, 3.63) is 58.8 Å². The van der Waals surface area contributed by atoms with E-state index < -0.39 is 0 Å². The van der Waals surface area contributed by atoms with Crippen molar-refractivity contribution >= 4 is 40.3 Å². The summed E-state index contributed by atoms with van der Waals surface area (Å²) in [6.45, 7) is 0.710. The number of nitrogens with zero attached hydrogens (tertiary/aromatic N) is 2. The van der Waals surface area contributed by atoms with Crippen LogP contribution in [0, 0.1) is 0 Å². The number of amides is 1. The molecule has 100 valence electrons. The van der Waals surface area contributed by atoms with E-state index in [2.05, 4.69) is 22.5 Å². The van der Waals surface area contributed by atoms with Gasteiger partial charge in [-0.2, -0.15) is 5.10 Å². The Morgan fingerprint density at radius 3 is 2.85 bits per heavy atom. The number of nitrogens with one attached hydrogen (secondary N) is 1. The molecule has 2 heterocycles. The van der Waals surface area contributed by atoms with Gasteiger partial charge in [-0.05, 0) is 11.6 Å². The Kier molecular flexibility index (Phi) is 3.66. The first kappa shape index (κ1) is 13.1. The molecule has 4 nitrogen and oxygen atoms in total. The summed E-state index contributed by atoms with van der Waals surface area (Å²) in [6.07, 6.45) is 5.45. The van der Waals surface area contributed by atoms with Crippen LogP contribution in [0.3, 0.4) is 0 Å². The molecule has 1 aromatic heterocycles. The molecule has 0 spiro atoms. The van der Waals surface area contributed by atoms with E-state index in [0.717, 1.165) is 5.56 Å². The lowest BCUT2D eigenvalue weighted by atomic mass is 10.2. The summed E-state index contributed by atoms with van der Waals surface area (Å²) in [4.78, 5) is 12.2. The molecule has 2 aromatic rings. The van der Waals surface area contributed by atoms with Gasteiger partial charge in [-0.1, -0.05) is 54.3 Å². The Bertz CT molecular complexity index is 691. The number of thioether (sulfide) groups is 1. The third kappa shape index (κ3) is 2.97. The third-order valence-corrected chi connectivity index (χ3v) is 3.94. The molecule has 0 aliphatic carbocycles. The molecule has 1 fully saturated rings. The van der Waals surface area contributed by atoms with Crippen LogP contribution in [0.2, 0.25) is 0 Å². The van der Waals surface area contributed by atoms with Crippen LogP contribution in [0.25, 0.3) is 6.08 Å². The summed E-state index contributed by atoms with van der Waals surface area (Å²) in [5, 5.41) is 6.89. The van der Waals surface area contributed by atoms with Gasteiger partial charge in [0, 0.05) is 11.8 Å². The van der Waals surface area contributed by atoms with Crippen molar-refractivity contribution in [3.8, 4) is 0 Å². The average Bonchev–Trinajstić information content (AvgIpc) is 2.98. The zero-order valence-corrected chi connectivity index (χ0v) is 12.1. The number of carbonyl (C=O) groups excluding carboxylic acids is 1. The summed E-state index contributed by atoms with van der Waals surface area (Å²) >= 11 is 6.23. The second kappa shape index (κ2) is 5.60. The fourth-order valence-electron chi connectivity index (χ4n) is 1.88. The zero-order valence-electron chi connectivity index (χ0n) is 10.4. The van der Waals surface area contributed by atoms with Crippen LogP contribution < -0.4 is 5.32 Å². The number of carbonyl (C=O) groups is 1. The van der Waals surface area contributed by atoms with E-state index in [0.29, 0.717) is 15.8 Å². The molecule has 20 heavy (non-hydrogen) atoms. The molecule has 1 amide bonds. The molecule has 1 aliphatic rings. The van der Waals surface area contributed by atoms with Crippen LogP contribution in [-0.4, -0.2) is 20.0 Å². The van der Waals surface area contributed by atoms with Crippen molar-refractivity contribution in [3.63, 3.8) is 0 Å². The van der Waals surface area contributed by atoms with E-state index >= 15 is 0 Å². The Morgan fingerprint density at radius 1 is 1.35 bits per heavy atom. The van der Waals surface area contributed by atoms with Crippen LogP contribution >= 0.6 is 24.0 Å². The second-order valence-corrected chi connectivity index (χ2v) is 6.03. The molecule has 0 radical (unpaired) electrons. The average molecular weight is 301 g/mol. The Morgan fingerprint density at radius 2 is 2.15 bits per heavy atom. The van der Waals surface area contributed by atoms with E-state index in [1.165, 1.54) is 17.3 Å². The van der Waals surface area contributed by atoms with E-state index in [1.807, 2.05) is 29.1 Å². The van der Waals surface area contributed by atoms with Gasteiger partial charge in [0.2, 0.25) is 0 Å². The van der Waals surface area contributed by atoms with Crippen LogP contribution in [0.1, 0.15) is 11.1 Å². The lowest BCUT2D eigenvalue weighted by molar-refractivity contribution is -0.115. The number of hydrogen-bond acceptors (Lipinski definition) is 4. The monoisotopic (exact) mass is 301 g/mol. The van der Waals surface area contributed by atoms with Crippen molar-refractivity contribution in [2.75, 3.05) is 0 Å². The first-order chi connectivity index (χ1) is 9.70. The van der Waals surface area contributed by atoms with E-state index in [4.69, 9.17) is 12.2 Å². The second-order valence-electron chi connectivity index (χ2n) is 4.31. The third-order valence-electron chi connectivity index (χ3n) is 2.78. The lowest BCUT2D eigenvalue weighted by Gasteiger charge is -2.00. The molecular formula is C14H11N3OS2. The predicted molar refractivity (Wildman–Crippen MR) is 84.1 cm³/mol. The minimum atomic E-state index is -0.143. The largest absolute Gasteiger partial charge is 0.307 e. The Labute approximate surface area is 125 Å². The van der Waals surface area contributed by atoms with Crippen LogP contribution in [-0.2, 0) is 11.3 Å². The quantitative estimate of drug-likeness (QED) is 0.698. The summed E-state index contributed by atoms with van der Waals surface area (Å²) in [7, 11) is 0. The van der Waals surface area contributed by atoms with E-state index in [-0.39, 0.29) is 5.91 Å². The highest BCUT2D eigenvalue weighted by Crippen LogP contribution is 2.25. The smallest absolute Gasteiger partial charge is 0.263 e. The standard InChI is InChI=1S/C14H11N3OS2/c18-13-12(20-14(19)16-13)6-11-7-15-17(9-11)8-10-4-2-1-3-5-10/h1-7,9H,8H2,(H,16,18,19). The van der Waals surface area contributed by atoms with Gasteiger partial charge in [0.15, 0.2) is 0 Å². The van der Waals surface area contributed by atoms with Gasteiger partial charge in [-0.25, -0.2) is 0 Å². The maximum absolute atomic E-state index is 11.6. The molecular weight excluding hydrogens is 290 g/mol. The van der Waals surface area contributed by atoms with Gasteiger partial charge < -0.3 is 5.32 Å². The number of thiocarbonyl (C=S) groups is 1. The summed E-state index contributed by atoms with van der Waals surface area (Å²) in [6, 6.07) is 10.1. The number of benzene rings is 1.